The second kappa shape index (κ2) is 6.99. The molecule has 0 rings (SSSR count). The van der Waals surface area contributed by atoms with Gasteiger partial charge in [0, 0.05) is 11.9 Å². The van der Waals surface area contributed by atoms with Crippen LogP contribution in [-0.4, -0.2) is 22.7 Å². The molecule has 0 radical (unpaired) electrons. The highest BCUT2D eigenvalue weighted by Gasteiger charge is 2.06. The number of aliphatic hydroxyl groups is 1. The maximum atomic E-state index is 8.78. The molecule has 1 nitrogen and oxygen atoms in total. The predicted molar refractivity (Wildman–Crippen MR) is 53.1 cm³/mol. The summed E-state index contributed by atoms with van der Waals surface area (Å²) < 4.78 is 0. The van der Waals surface area contributed by atoms with Crippen LogP contribution in [0.25, 0.3) is 0 Å². The molecule has 0 saturated carbocycles. The summed E-state index contributed by atoms with van der Waals surface area (Å²) >= 11 is 1.99. The largest absolute Gasteiger partial charge is 0.396 e. The third-order valence-electron chi connectivity index (χ3n) is 1.84. The summed E-state index contributed by atoms with van der Waals surface area (Å²) in [5, 5.41) is 9.58. The second-order valence-electron chi connectivity index (χ2n) is 3.06. The van der Waals surface area contributed by atoms with Crippen molar-refractivity contribution >= 4 is 11.8 Å². The molecule has 2 heteroatoms. The van der Waals surface area contributed by atoms with Crippen LogP contribution in [0, 0.1) is 5.92 Å². The maximum Gasteiger partial charge on any atom is 0.0464 e. The molecule has 0 fully saturated rings. The highest BCUT2D eigenvalue weighted by molar-refractivity contribution is 7.99. The summed E-state index contributed by atoms with van der Waals surface area (Å²) in [5.41, 5.74) is 0. The third kappa shape index (κ3) is 5.57. The summed E-state index contributed by atoms with van der Waals surface area (Å²) in [4.78, 5) is 0. The van der Waals surface area contributed by atoms with Crippen molar-refractivity contribution in [3.63, 3.8) is 0 Å². The van der Waals surface area contributed by atoms with E-state index in [-0.39, 0.29) is 0 Å². The summed E-state index contributed by atoms with van der Waals surface area (Å²) in [5.74, 6) is 1.56. The number of thioether (sulfide) groups is 1. The van der Waals surface area contributed by atoms with Crippen LogP contribution in [0.2, 0.25) is 0 Å². The van der Waals surface area contributed by atoms with E-state index in [1.54, 1.807) is 0 Å². The second-order valence-corrected chi connectivity index (χ2v) is 4.39. The molecule has 0 bridgehead atoms. The maximum absolute atomic E-state index is 8.78. The van der Waals surface area contributed by atoms with Gasteiger partial charge in [0.25, 0.3) is 0 Å². The first-order chi connectivity index (χ1) is 5.24. The summed E-state index contributed by atoms with van der Waals surface area (Å²) in [6.07, 6.45) is 2.50. The normalized spacial score (nSPS) is 13.9. The Labute approximate surface area is 74.6 Å². The molecule has 11 heavy (non-hydrogen) atoms. The standard InChI is InChI=1S/C9H20OS/c1-4-9(5-2)11-7-8(3)6-10/h8-10H,4-7H2,1-3H3. The smallest absolute Gasteiger partial charge is 0.0464 e. The Bertz CT molecular complexity index is 81.6. The fourth-order valence-electron chi connectivity index (χ4n) is 0.877. The molecule has 0 aromatic carbocycles. The monoisotopic (exact) mass is 176 g/mol. The van der Waals surface area contributed by atoms with Crippen molar-refractivity contribution in [3.8, 4) is 0 Å². The Morgan fingerprint density at radius 1 is 1.27 bits per heavy atom. The minimum absolute atomic E-state index is 0.327. The Morgan fingerprint density at radius 3 is 2.18 bits per heavy atom. The average molecular weight is 176 g/mol. The lowest BCUT2D eigenvalue weighted by atomic mass is 10.2. The first-order valence-corrected chi connectivity index (χ1v) is 5.51. The van der Waals surface area contributed by atoms with Crippen LogP contribution in [0.5, 0.6) is 0 Å². The Kier molecular flexibility index (Phi) is 7.18. The molecule has 1 unspecified atom stereocenters. The number of hydrogen-bond donors (Lipinski definition) is 1. The van der Waals surface area contributed by atoms with Crippen molar-refractivity contribution < 1.29 is 5.11 Å². The molecular weight excluding hydrogens is 156 g/mol. The first-order valence-electron chi connectivity index (χ1n) is 4.47. The third-order valence-corrected chi connectivity index (χ3v) is 3.74. The van der Waals surface area contributed by atoms with Crippen molar-refractivity contribution in [1.29, 1.82) is 0 Å². The summed E-state index contributed by atoms with van der Waals surface area (Å²) in [6.45, 7) is 6.87. The lowest BCUT2D eigenvalue weighted by molar-refractivity contribution is 0.250. The van der Waals surface area contributed by atoms with Crippen LogP contribution in [0.3, 0.4) is 0 Å². The van der Waals surface area contributed by atoms with E-state index in [9.17, 15) is 0 Å². The lowest BCUT2D eigenvalue weighted by Gasteiger charge is -2.14. The minimum atomic E-state index is 0.327. The van der Waals surface area contributed by atoms with Crippen LogP contribution >= 0.6 is 11.8 Å². The van der Waals surface area contributed by atoms with Crippen LogP contribution < -0.4 is 0 Å². The minimum Gasteiger partial charge on any atom is -0.396 e. The first kappa shape index (κ1) is 11.3. The highest BCUT2D eigenvalue weighted by Crippen LogP contribution is 2.20. The van der Waals surface area contributed by atoms with Crippen LogP contribution in [0.4, 0.5) is 0 Å². The Morgan fingerprint density at radius 2 is 1.82 bits per heavy atom. The molecule has 0 aliphatic rings. The van der Waals surface area contributed by atoms with Gasteiger partial charge in [0.05, 0.1) is 0 Å². The van der Waals surface area contributed by atoms with E-state index in [0.717, 1.165) is 11.0 Å². The fourth-order valence-corrected chi connectivity index (χ4v) is 2.05. The van der Waals surface area contributed by atoms with Crippen molar-refractivity contribution in [2.75, 3.05) is 12.4 Å². The zero-order valence-electron chi connectivity index (χ0n) is 7.84. The van der Waals surface area contributed by atoms with E-state index in [1.807, 2.05) is 11.8 Å². The molecule has 1 N–H and O–H groups in total. The van der Waals surface area contributed by atoms with E-state index in [1.165, 1.54) is 12.8 Å². The molecule has 0 heterocycles. The molecular formula is C9H20OS. The van der Waals surface area contributed by atoms with Gasteiger partial charge in [0.1, 0.15) is 0 Å². The van der Waals surface area contributed by atoms with Crippen LogP contribution in [-0.2, 0) is 0 Å². The van der Waals surface area contributed by atoms with E-state index in [0.29, 0.717) is 12.5 Å². The highest BCUT2D eigenvalue weighted by atomic mass is 32.2. The average Bonchev–Trinajstić information content (AvgIpc) is 2.06. The van der Waals surface area contributed by atoms with Crippen LogP contribution in [0.15, 0.2) is 0 Å². The van der Waals surface area contributed by atoms with Gasteiger partial charge >= 0.3 is 0 Å². The van der Waals surface area contributed by atoms with E-state index < -0.39 is 0 Å². The molecule has 1 atom stereocenters. The zero-order valence-corrected chi connectivity index (χ0v) is 8.66. The SMILES string of the molecule is CCC(CC)SCC(C)CO. The molecule has 0 amide bonds. The summed E-state index contributed by atoms with van der Waals surface area (Å²) in [6, 6.07) is 0. The lowest BCUT2D eigenvalue weighted by Crippen LogP contribution is -2.08. The van der Waals surface area contributed by atoms with Gasteiger partial charge in [-0.3, -0.25) is 0 Å². The molecule has 0 saturated heterocycles. The van der Waals surface area contributed by atoms with Gasteiger partial charge < -0.3 is 5.11 Å². The Hall–Kier alpha value is 0.310. The quantitative estimate of drug-likeness (QED) is 0.671. The van der Waals surface area contributed by atoms with Gasteiger partial charge in [0.15, 0.2) is 0 Å². The van der Waals surface area contributed by atoms with Crippen molar-refractivity contribution in [2.45, 2.75) is 38.9 Å². The van der Waals surface area contributed by atoms with Gasteiger partial charge in [-0.05, 0) is 24.5 Å². The van der Waals surface area contributed by atoms with Gasteiger partial charge in [0.2, 0.25) is 0 Å². The van der Waals surface area contributed by atoms with Crippen molar-refractivity contribution in [1.82, 2.24) is 0 Å². The van der Waals surface area contributed by atoms with Gasteiger partial charge in [-0.1, -0.05) is 20.8 Å². The molecule has 0 aliphatic carbocycles. The van der Waals surface area contributed by atoms with E-state index >= 15 is 0 Å². The Balaban J connectivity index is 3.34. The van der Waals surface area contributed by atoms with Crippen LogP contribution in [0.1, 0.15) is 33.6 Å². The number of rotatable bonds is 6. The van der Waals surface area contributed by atoms with E-state index in [2.05, 4.69) is 20.8 Å². The molecule has 0 aromatic rings. The molecule has 0 aromatic heterocycles. The van der Waals surface area contributed by atoms with Gasteiger partial charge in [-0.15, -0.1) is 0 Å². The predicted octanol–water partition coefficient (Wildman–Crippen LogP) is 2.54. The number of aliphatic hydroxyl groups excluding tert-OH is 1. The fraction of sp³-hybridized carbons (Fsp3) is 1.00. The molecule has 68 valence electrons. The van der Waals surface area contributed by atoms with Crippen molar-refractivity contribution in [2.24, 2.45) is 5.92 Å². The molecule has 0 spiro atoms. The topological polar surface area (TPSA) is 20.2 Å². The van der Waals surface area contributed by atoms with Crippen molar-refractivity contribution in [3.05, 3.63) is 0 Å². The zero-order chi connectivity index (χ0) is 8.69. The number of hydrogen-bond acceptors (Lipinski definition) is 2. The molecule has 0 aliphatic heterocycles. The van der Waals surface area contributed by atoms with Gasteiger partial charge in [-0.2, -0.15) is 11.8 Å². The van der Waals surface area contributed by atoms with Gasteiger partial charge in [-0.25, -0.2) is 0 Å². The summed E-state index contributed by atoms with van der Waals surface area (Å²) in [7, 11) is 0. The van der Waals surface area contributed by atoms with E-state index in [4.69, 9.17) is 5.11 Å².